The van der Waals surface area contributed by atoms with Crippen molar-refractivity contribution < 1.29 is 0 Å². The number of benzene rings is 1. The Bertz CT molecular complexity index is 623. The molecule has 1 aromatic carbocycles. The number of piperazine rings is 1. The van der Waals surface area contributed by atoms with Crippen LogP contribution in [0.15, 0.2) is 30.5 Å². The standard InChI is InChI=1S/C16H19ClN4/c1-2-15-19-11-14(21-8-6-18-7-9-21)16(20-15)12-4-3-5-13(17)10-12/h3-5,10-11,18H,2,6-9H2,1H3. The normalized spacial score (nSPS) is 15.2. The molecule has 0 amide bonds. The molecule has 2 heterocycles. The molecule has 0 saturated carbocycles. The van der Waals surface area contributed by atoms with Gasteiger partial charge in [0.2, 0.25) is 0 Å². The molecule has 1 aromatic heterocycles. The molecule has 1 N–H and O–H groups in total. The molecule has 0 atom stereocenters. The molecule has 110 valence electrons. The van der Waals surface area contributed by atoms with Crippen LogP contribution in [0.5, 0.6) is 0 Å². The summed E-state index contributed by atoms with van der Waals surface area (Å²) in [5.74, 6) is 0.865. The summed E-state index contributed by atoms with van der Waals surface area (Å²) < 4.78 is 0. The predicted octanol–water partition coefficient (Wildman–Crippen LogP) is 2.77. The van der Waals surface area contributed by atoms with Crippen LogP contribution in [-0.4, -0.2) is 36.1 Å². The summed E-state index contributed by atoms with van der Waals surface area (Å²) in [7, 11) is 0. The molecule has 3 rings (SSSR count). The molecule has 5 heteroatoms. The highest BCUT2D eigenvalue weighted by Gasteiger charge is 2.17. The minimum atomic E-state index is 0.732. The lowest BCUT2D eigenvalue weighted by atomic mass is 10.1. The predicted molar refractivity (Wildman–Crippen MR) is 86.9 cm³/mol. The summed E-state index contributed by atoms with van der Waals surface area (Å²) in [4.78, 5) is 11.6. The molecule has 0 bridgehead atoms. The molecule has 21 heavy (non-hydrogen) atoms. The van der Waals surface area contributed by atoms with Crippen molar-refractivity contribution in [3.63, 3.8) is 0 Å². The molecule has 2 aromatic rings. The van der Waals surface area contributed by atoms with Gasteiger partial charge in [0.25, 0.3) is 0 Å². The van der Waals surface area contributed by atoms with Crippen molar-refractivity contribution in [2.24, 2.45) is 0 Å². The lowest BCUT2D eigenvalue weighted by molar-refractivity contribution is 0.588. The van der Waals surface area contributed by atoms with Gasteiger partial charge in [0.1, 0.15) is 5.82 Å². The Balaban J connectivity index is 2.06. The van der Waals surface area contributed by atoms with Gasteiger partial charge in [-0.15, -0.1) is 0 Å². The third kappa shape index (κ3) is 3.17. The molecule has 0 unspecified atom stereocenters. The quantitative estimate of drug-likeness (QED) is 0.946. The Morgan fingerprint density at radius 1 is 1.29 bits per heavy atom. The van der Waals surface area contributed by atoms with Crippen LogP contribution in [0.2, 0.25) is 5.02 Å². The van der Waals surface area contributed by atoms with E-state index in [0.717, 1.165) is 60.4 Å². The van der Waals surface area contributed by atoms with E-state index in [0.29, 0.717) is 0 Å². The summed E-state index contributed by atoms with van der Waals surface area (Å²) in [6.45, 7) is 6.00. The molecule has 1 aliphatic rings. The number of rotatable bonds is 3. The zero-order chi connectivity index (χ0) is 14.7. The van der Waals surface area contributed by atoms with Crippen LogP contribution >= 0.6 is 11.6 Å². The van der Waals surface area contributed by atoms with E-state index in [2.05, 4.69) is 28.2 Å². The van der Waals surface area contributed by atoms with E-state index in [-0.39, 0.29) is 0 Å². The van der Waals surface area contributed by atoms with Crippen molar-refractivity contribution in [3.8, 4) is 11.3 Å². The average Bonchev–Trinajstić information content (AvgIpc) is 2.55. The highest BCUT2D eigenvalue weighted by molar-refractivity contribution is 6.30. The fraction of sp³-hybridized carbons (Fsp3) is 0.375. The number of anilines is 1. The van der Waals surface area contributed by atoms with Crippen molar-refractivity contribution in [2.45, 2.75) is 13.3 Å². The maximum Gasteiger partial charge on any atom is 0.128 e. The monoisotopic (exact) mass is 302 g/mol. The number of hydrogen-bond donors (Lipinski definition) is 1. The first-order valence-electron chi connectivity index (χ1n) is 7.35. The molecule has 1 saturated heterocycles. The van der Waals surface area contributed by atoms with Crippen LogP contribution in [0.4, 0.5) is 5.69 Å². The number of aryl methyl sites for hydroxylation is 1. The third-order valence-electron chi connectivity index (χ3n) is 3.69. The number of halogens is 1. The fourth-order valence-corrected chi connectivity index (χ4v) is 2.76. The number of aromatic nitrogens is 2. The van der Waals surface area contributed by atoms with Crippen molar-refractivity contribution in [1.82, 2.24) is 15.3 Å². The maximum atomic E-state index is 6.14. The average molecular weight is 303 g/mol. The molecule has 1 fully saturated rings. The van der Waals surface area contributed by atoms with Crippen LogP contribution in [0.25, 0.3) is 11.3 Å². The number of nitrogens with one attached hydrogen (secondary N) is 1. The van der Waals surface area contributed by atoms with Crippen molar-refractivity contribution in [3.05, 3.63) is 41.3 Å². The largest absolute Gasteiger partial charge is 0.366 e. The lowest BCUT2D eigenvalue weighted by Gasteiger charge is -2.30. The van der Waals surface area contributed by atoms with Gasteiger partial charge in [0.15, 0.2) is 0 Å². The summed E-state index contributed by atoms with van der Waals surface area (Å²) in [6, 6.07) is 7.87. The van der Waals surface area contributed by atoms with Crippen LogP contribution < -0.4 is 10.2 Å². The van der Waals surface area contributed by atoms with Crippen LogP contribution in [0.1, 0.15) is 12.7 Å². The van der Waals surface area contributed by atoms with Gasteiger partial charge in [0.05, 0.1) is 17.6 Å². The highest BCUT2D eigenvalue weighted by Crippen LogP contribution is 2.30. The van der Waals surface area contributed by atoms with E-state index in [9.17, 15) is 0 Å². The fourth-order valence-electron chi connectivity index (χ4n) is 2.57. The Labute approximate surface area is 130 Å². The molecule has 0 aliphatic carbocycles. The molecule has 0 spiro atoms. The highest BCUT2D eigenvalue weighted by atomic mass is 35.5. The van der Waals surface area contributed by atoms with Crippen LogP contribution in [-0.2, 0) is 6.42 Å². The van der Waals surface area contributed by atoms with E-state index in [4.69, 9.17) is 16.6 Å². The number of nitrogens with zero attached hydrogens (tertiary/aromatic N) is 3. The van der Waals surface area contributed by atoms with Gasteiger partial charge in [-0.1, -0.05) is 30.7 Å². The van der Waals surface area contributed by atoms with Crippen molar-refractivity contribution >= 4 is 17.3 Å². The smallest absolute Gasteiger partial charge is 0.128 e. The van der Waals surface area contributed by atoms with E-state index < -0.39 is 0 Å². The Morgan fingerprint density at radius 3 is 2.81 bits per heavy atom. The zero-order valence-electron chi connectivity index (χ0n) is 12.1. The second-order valence-corrected chi connectivity index (χ2v) is 5.56. The second kappa shape index (κ2) is 6.41. The molecular formula is C16H19ClN4. The minimum absolute atomic E-state index is 0.732. The van der Waals surface area contributed by atoms with E-state index in [1.807, 2.05) is 24.4 Å². The minimum Gasteiger partial charge on any atom is -0.366 e. The second-order valence-electron chi connectivity index (χ2n) is 5.12. The lowest BCUT2D eigenvalue weighted by Crippen LogP contribution is -2.43. The summed E-state index contributed by atoms with van der Waals surface area (Å²) in [5.41, 5.74) is 3.12. The molecule has 1 aliphatic heterocycles. The first-order valence-corrected chi connectivity index (χ1v) is 7.73. The van der Waals surface area contributed by atoms with Crippen LogP contribution in [0, 0.1) is 0 Å². The van der Waals surface area contributed by atoms with Gasteiger partial charge in [-0.25, -0.2) is 9.97 Å². The maximum absolute atomic E-state index is 6.14. The zero-order valence-corrected chi connectivity index (χ0v) is 12.9. The summed E-state index contributed by atoms with van der Waals surface area (Å²) in [5, 5.41) is 4.10. The molecular weight excluding hydrogens is 284 g/mol. The van der Waals surface area contributed by atoms with Gasteiger partial charge in [-0.3, -0.25) is 0 Å². The summed E-state index contributed by atoms with van der Waals surface area (Å²) >= 11 is 6.14. The van der Waals surface area contributed by atoms with E-state index >= 15 is 0 Å². The SMILES string of the molecule is CCc1ncc(N2CCNCC2)c(-c2cccc(Cl)c2)n1. The van der Waals surface area contributed by atoms with Crippen LogP contribution in [0.3, 0.4) is 0 Å². The Hall–Kier alpha value is -1.65. The Kier molecular flexibility index (Phi) is 4.36. The first-order chi connectivity index (χ1) is 10.3. The van der Waals surface area contributed by atoms with E-state index in [1.165, 1.54) is 0 Å². The van der Waals surface area contributed by atoms with Crippen molar-refractivity contribution in [1.29, 1.82) is 0 Å². The Morgan fingerprint density at radius 2 is 2.10 bits per heavy atom. The molecule has 0 radical (unpaired) electrons. The topological polar surface area (TPSA) is 41.1 Å². The summed E-state index contributed by atoms with van der Waals surface area (Å²) in [6.07, 6.45) is 2.78. The van der Waals surface area contributed by atoms with Gasteiger partial charge < -0.3 is 10.2 Å². The molecule has 4 nitrogen and oxygen atoms in total. The first kappa shape index (κ1) is 14.3. The van der Waals surface area contributed by atoms with E-state index in [1.54, 1.807) is 0 Å². The van der Waals surface area contributed by atoms with Crippen molar-refractivity contribution in [2.75, 3.05) is 31.1 Å². The van der Waals surface area contributed by atoms with Gasteiger partial charge >= 0.3 is 0 Å². The number of hydrogen-bond acceptors (Lipinski definition) is 4. The van der Waals surface area contributed by atoms with Gasteiger partial charge in [0, 0.05) is 43.2 Å². The van der Waals surface area contributed by atoms with Gasteiger partial charge in [-0.2, -0.15) is 0 Å². The van der Waals surface area contributed by atoms with Gasteiger partial charge in [-0.05, 0) is 12.1 Å². The third-order valence-corrected chi connectivity index (χ3v) is 3.93.